The highest BCUT2D eigenvalue weighted by atomic mass is 32.2. The molecule has 0 aliphatic rings. The Morgan fingerprint density at radius 2 is 1.59 bits per heavy atom. The Labute approximate surface area is 175 Å². The number of carbonyl (C=O) groups is 1. The third-order valence-electron chi connectivity index (χ3n) is 4.00. The lowest BCUT2D eigenvalue weighted by Gasteiger charge is -2.14. The van der Waals surface area contributed by atoms with Gasteiger partial charge in [0.15, 0.2) is 0 Å². The molecule has 0 amide bonds. The first-order valence-corrected chi connectivity index (χ1v) is 11.6. The van der Waals surface area contributed by atoms with Gasteiger partial charge < -0.3 is 10.0 Å². The van der Waals surface area contributed by atoms with E-state index in [-0.39, 0.29) is 11.3 Å². The van der Waals surface area contributed by atoms with E-state index in [9.17, 15) is 18.3 Å². The van der Waals surface area contributed by atoms with Crippen LogP contribution in [-0.4, -0.2) is 51.6 Å². The molecule has 1 atom stereocenters. The average Bonchev–Trinajstić information content (AvgIpc) is 2.70. The van der Waals surface area contributed by atoms with E-state index in [4.69, 9.17) is 0 Å². The van der Waals surface area contributed by atoms with Gasteiger partial charge in [-0.2, -0.15) is 26.7 Å². The van der Waals surface area contributed by atoms with Crippen molar-refractivity contribution in [2.45, 2.75) is 17.4 Å². The SMILES string of the molecule is CSCC[C@H](NS(=O)(=O)c1ccc(N=Nc2ccc(N(C)C)cc2)cc1)C(=O)O. The third kappa shape index (κ3) is 6.84. The van der Waals surface area contributed by atoms with Gasteiger partial charge in [0, 0.05) is 19.8 Å². The van der Waals surface area contributed by atoms with Crippen molar-refractivity contribution >= 4 is 44.8 Å². The van der Waals surface area contributed by atoms with E-state index in [2.05, 4.69) is 15.0 Å². The molecule has 0 saturated carbocycles. The molecule has 0 unspecified atom stereocenters. The largest absolute Gasteiger partial charge is 0.480 e. The topological polar surface area (TPSA) is 111 Å². The number of hydrogen-bond donors (Lipinski definition) is 2. The zero-order chi connectivity index (χ0) is 21.4. The Kier molecular flexibility index (Phi) is 8.18. The number of sulfonamides is 1. The van der Waals surface area contributed by atoms with E-state index >= 15 is 0 Å². The summed E-state index contributed by atoms with van der Waals surface area (Å²) in [4.78, 5) is 13.2. The fraction of sp³-hybridized carbons (Fsp3) is 0.316. The number of nitrogens with zero attached hydrogens (tertiary/aromatic N) is 3. The number of nitrogens with one attached hydrogen (secondary N) is 1. The lowest BCUT2D eigenvalue weighted by atomic mass is 10.2. The van der Waals surface area contributed by atoms with Gasteiger partial charge in [-0.3, -0.25) is 4.79 Å². The first kappa shape index (κ1) is 22.9. The molecular formula is C19H24N4O4S2. The van der Waals surface area contributed by atoms with Crippen LogP contribution in [0.25, 0.3) is 0 Å². The molecule has 0 fully saturated rings. The zero-order valence-corrected chi connectivity index (χ0v) is 18.1. The molecule has 2 aromatic carbocycles. The summed E-state index contributed by atoms with van der Waals surface area (Å²) in [5.41, 5.74) is 2.20. The molecule has 0 aromatic heterocycles. The first-order chi connectivity index (χ1) is 13.7. The smallest absolute Gasteiger partial charge is 0.321 e. The predicted molar refractivity (Wildman–Crippen MR) is 116 cm³/mol. The van der Waals surface area contributed by atoms with Crippen molar-refractivity contribution in [1.82, 2.24) is 4.72 Å². The van der Waals surface area contributed by atoms with Crippen molar-refractivity contribution in [3.05, 3.63) is 48.5 Å². The number of carboxylic acid groups (broad SMARTS) is 1. The fourth-order valence-corrected chi connectivity index (χ4v) is 4.04. The molecule has 0 spiro atoms. The molecule has 0 bridgehead atoms. The van der Waals surface area contributed by atoms with Gasteiger partial charge in [0.05, 0.1) is 16.3 Å². The Hall–Kier alpha value is -2.43. The molecule has 0 aliphatic heterocycles. The zero-order valence-electron chi connectivity index (χ0n) is 16.4. The lowest BCUT2D eigenvalue weighted by Crippen LogP contribution is -2.41. The van der Waals surface area contributed by atoms with Crippen LogP contribution in [0.2, 0.25) is 0 Å². The van der Waals surface area contributed by atoms with Crippen LogP contribution in [0.5, 0.6) is 0 Å². The molecule has 0 saturated heterocycles. The van der Waals surface area contributed by atoms with Gasteiger partial charge in [0.1, 0.15) is 6.04 Å². The average molecular weight is 437 g/mol. The van der Waals surface area contributed by atoms with Crippen LogP contribution in [0.15, 0.2) is 63.7 Å². The van der Waals surface area contributed by atoms with Gasteiger partial charge in [0.2, 0.25) is 10.0 Å². The summed E-state index contributed by atoms with van der Waals surface area (Å²) in [6.45, 7) is 0. The van der Waals surface area contributed by atoms with E-state index in [1.165, 1.54) is 36.0 Å². The molecule has 8 nitrogen and oxygen atoms in total. The van der Waals surface area contributed by atoms with E-state index < -0.39 is 22.0 Å². The maximum atomic E-state index is 12.4. The summed E-state index contributed by atoms with van der Waals surface area (Å²) in [6.07, 6.45) is 2.03. The Morgan fingerprint density at radius 1 is 1.07 bits per heavy atom. The van der Waals surface area contributed by atoms with E-state index in [1.807, 2.05) is 49.5 Å². The summed E-state index contributed by atoms with van der Waals surface area (Å²) < 4.78 is 27.1. The summed E-state index contributed by atoms with van der Waals surface area (Å²) in [5.74, 6) is -0.665. The standard InChI is InChI=1S/C19H24N4O4S2/c1-23(2)16-8-4-14(5-9-16)20-21-15-6-10-17(11-7-15)29(26,27)22-18(19(24)25)12-13-28-3/h4-11,18,22H,12-13H2,1-3H3,(H,24,25)/t18-/m0/s1. The second kappa shape index (κ2) is 10.4. The van der Waals surface area contributed by atoms with Crippen molar-refractivity contribution in [3.63, 3.8) is 0 Å². The number of thioether (sulfide) groups is 1. The van der Waals surface area contributed by atoms with Crippen molar-refractivity contribution < 1.29 is 18.3 Å². The second-order valence-electron chi connectivity index (χ2n) is 6.40. The number of azo groups is 1. The van der Waals surface area contributed by atoms with E-state index in [1.54, 1.807) is 0 Å². The molecule has 2 N–H and O–H groups in total. The first-order valence-electron chi connectivity index (χ1n) is 8.76. The van der Waals surface area contributed by atoms with Crippen LogP contribution in [0, 0.1) is 0 Å². The van der Waals surface area contributed by atoms with E-state index in [0.717, 1.165) is 5.69 Å². The quantitative estimate of drug-likeness (QED) is 0.550. The molecule has 0 aliphatic carbocycles. The highest BCUT2D eigenvalue weighted by Crippen LogP contribution is 2.22. The highest BCUT2D eigenvalue weighted by Gasteiger charge is 2.24. The van der Waals surface area contributed by atoms with Gasteiger partial charge in [-0.05, 0) is 67.0 Å². The number of carboxylic acids is 1. The molecule has 2 aromatic rings. The number of benzene rings is 2. The fourth-order valence-electron chi connectivity index (χ4n) is 2.35. The minimum atomic E-state index is -3.95. The van der Waals surface area contributed by atoms with E-state index in [0.29, 0.717) is 17.1 Å². The molecule has 0 radical (unpaired) electrons. The Morgan fingerprint density at radius 3 is 2.03 bits per heavy atom. The lowest BCUT2D eigenvalue weighted by molar-refractivity contribution is -0.139. The number of aliphatic carboxylic acids is 1. The molecule has 0 heterocycles. The summed E-state index contributed by atoms with van der Waals surface area (Å²) in [7, 11) is -0.0551. The van der Waals surface area contributed by atoms with Crippen LogP contribution in [0.3, 0.4) is 0 Å². The number of anilines is 1. The van der Waals surface area contributed by atoms with Crippen LogP contribution in [0.1, 0.15) is 6.42 Å². The van der Waals surface area contributed by atoms with Crippen LogP contribution in [-0.2, 0) is 14.8 Å². The third-order valence-corrected chi connectivity index (χ3v) is 6.13. The Balaban J connectivity index is 2.09. The minimum Gasteiger partial charge on any atom is -0.480 e. The maximum Gasteiger partial charge on any atom is 0.321 e. The molecule has 29 heavy (non-hydrogen) atoms. The van der Waals surface area contributed by atoms with Crippen LogP contribution >= 0.6 is 11.8 Å². The molecule has 156 valence electrons. The molecule has 2 rings (SSSR count). The summed E-state index contributed by atoms with van der Waals surface area (Å²) >= 11 is 1.45. The highest BCUT2D eigenvalue weighted by molar-refractivity contribution is 7.98. The van der Waals surface area contributed by atoms with Gasteiger partial charge in [-0.25, -0.2) is 8.42 Å². The summed E-state index contributed by atoms with van der Waals surface area (Å²) in [5, 5.41) is 17.5. The number of hydrogen-bond acceptors (Lipinski definition) is 7. The van der Waals surface area contributed by atoms with Crippen molar-refractivity contribution in [3.8, 4) is 0 Å². The van der Waals surface area contributed by atoms with Gasteiger partial charge >= 0.3 is 5.97 Å². The predicted octanol–water partition coefficient (Wildman–Crippen LogP) is 3.65. The minimum absolute atomic E-state index is 0.0258. The second-order valence-corrected chi connectivity index (χ2v) is 9.10. The molecule has 10 heteroatoms. The maximum absolute atomic E-state index is 12.4. The molecular weight excluding hydrogens is 412 g/mol. The van der Waals surface area contributed by atoms with Crippen molar-refractivity contribution in [1.29, 1.82) is 0 Å². The van der Waals surface area contributed by atoms with Crippen LogP contribution < -0.4 is 9.62 Å². The number of rotatable bonds is 10. The monoisotopic (exact) mass is 436 g/mol. The Bertz CT molecular complexity index is 943. The van der Waals surface area contributed by atoms with Crippen molar-refractivity contribution in [2.24, 2.45) is 10.2 Å². The van der Waals surface area contributed by atoms with Gasteiger partial charge in [-0.1, -0.05) is 0 Å². The van der Waals surface area contributed by atoms with Crippen molar-refractivity contribution in [2.75, 3.05) is 31.0 Å². The van der Waals surface area contributed by atoms with Gasteiger partial charge in [-0.15, -0.1) is 0 Å². The van der Waals surface area contributed by atoms with Crippen LogP contribution in [0.4, 0.5) is 17.1 Å². The van der Waals surface area contributed by atoms with Gasteiger partial charge in [0.25, 0.3) is 0 Å². The summed E-state index contributed by atoms with van der Waals surface area (Å²) in [6, 6.07) is 12.1. The normalized spacial score (nSPS) is 12.8.